The van der Waals surface area contributed by atoms with Gasteiger partial charge in [0.25, 0.3) is 0 Å². The van der Waals surface area contributed by atoms with Gasteiger partial charge in [0.15, 0.2) is 0 Å². The third kappa shape index (κ3) is 14.9. The van der Waals surface area contributed by atoms with Gasteiger partial charge < -0.3 is 31.9 Å². The summed E-state index contributed by atoms with van der Waals surface area (Å²) in [5, 5.41) is 24.7. The summed E-state index contributed by atoms with van der Waals surface area (Å²) in [5.74, 6) is 0. The van der Waals surface area contributed by atoms with Crippen molar-refractivity contribution in [1.82, 2.24) is 51.7 Å². The molecule has 1 aliphatic heterocycles. The van der Waals surface area contributed by atoms with Crippen molar-refractivity contribution in [2.45, 2.75) is 46.2 Å². The molecule has 5 aromatic rings. The van der Waals surface area contributed by atoms with Gasteiger partial charge in [-0.1, -0.05) is 97.6 Å². The van der Waals surface area contributed by atoms with Gasteiger partial charge in [-0.3, -0.25) is 19.8 Å². The van der Waals surface area contributed by atoms with Crippen molar-refractivity contribution in [3.63, 3.8) is 0 Å². The average Bonchev–Trinajstić information content (AvgIpc) is 3.26. The predicted molar refractivity (Wildman–Crippen MR) is 247 cm³/mol. The van der Waals surface area contributed by atoms with Crippen LogP contribution in [0.1, 0.15) is 52.0 Å². The Morgan fingerprint density at radius 2 is 1.03 bits per heavy atom. The van der Waals surface area contributed by atoms with Crippen LogP contribution < -0.4 is 31.9 Å². The number of pyridine rings is 2. The average molecular weight is 795 g/mol. The van der Waals surface area contributed by atoms with Gasteiger partial charge in [-0.25, -0.2) is 0 Å². The quantitative estimate of drug-likeness (QED) is 0.0901. The van der Waals surface area contributed by atoms with E-state index in [9.17, 15) is 0 Å². The van der Waals surface area contributed by atoms with E-state index in [2.05, 4.69) is 164 Å². The smallest absolute Gasteiger partial charge is 0.0545 e. The number of rotatable bonds is 12. The minimum atomic E-state index is 0.750. The Kier molecular flexibility index (Phi) is 18.7. The van der Waals surface area contributed by atoms with Crippen LogP contribution in [0.4, 0.5) is 0 Å². The van der Waals surface area contributed by atoms with Crippen LogP contribution in [0.2, 0.25) is 0 Å². The molecule has 10 nitrogen and oxygen atoms in total. The van der Waals surface area contributed by atoms with E-state index in [0.717, 1.165) is 141 Å². The monoisotopic (exact) mass is 795 g/mol. The standard InChI is InChI=1S/C49H66N10/c1-3-11-40-13-7-15-42(48(40)4-2)34-50-22-28-58-30-24-52-36-44-17-9-19-46(56-44)38-54-26-32-59(29-23-51-35-43-16-8-14-41-12-5-6-21-49(41)43)33-27-55-39-47-20-10-18-45(57-47)37-53-25-31-58/h3-21,50-55H,2,22-39H2,1H3/b11-3-. The first-order chi connectivity index (χ1) is 29.2. The molecule has 0 unspecified atom stereocenters. The molecule has 0 radical (unpaired) electrons. The van der Waals surface area contributed by atoms with Crippen molar-refractivity contribution < 1.29 is 0 Å². The number of benzene rings is 3. The van der Waals surface area contributed by atoms with Crippen LogP contribution >= 0.6 is 0 Å². The number of nitrogens with one attached hydrogen (secondary N) is 6. The molecule has 1 aliphatic rings. The molecular weight excluding hydrogens is 729 g/mol. The highest BCUT2D eigenvalue weighted by atomic mass is 15.2. The first-order valence-electron chi connectivity index (χ1n) is 21.6. The van der Waals surface area contributed by atoms with Gasteiger partial charge in [0.05, 0.1) is 22.8 Å². The Hall–Kier alpha value is -4.62. The van der Waals surface area contributed by atoms with E-state index < -0.39 is 0 Å². The van der Waals surface area contributed by atoms with Gasteiger partial charge in [-0.05, 0) is 64.2 Å². The van der Waals surface area contributed by atoms with Crippen molar-refractivity contribution in [2.75, 3.05) is 78.5 Å². The second kappa shape index (κ2) is 25.1. The molecule has 0 saturated heterocycles. The van der Waals surface area contributed by atoms with E-state index in [0.29, 0.717) is 0 Å². The fourth-order valence-electron chi connectivity index (χ4n) is 7.67. The van der Waals surface area contributed by atoms with E-state index in [-0.39, 0.29) is 0 Å². The normalized spacial score (nSPS) is 16.2. The Labute approximate surface area is 353 Å². The summed E-state index contributed by atoms with van der Waals surface area (Å²) in [4.78, 5) is 15.0. The summed E-state index contributed by atoms with van der Waals surface area (Å²) in [7, 11) is 0. The van der Waals surface area contributed by atoms with Gasteiger partial charge in [-0.2, -0.15) is 0 Å². The van der Waals surface area contributed by atoms with E-state index in [4.69, 9.17) is 9.97 Å². The van der Waals surface area contributed by atoms with Gasteiger partial charge in [0, 0.05) is 118 Å². The molecular formula is C49H66N10. The highest BCUT2D eigenvalue weighted by molar-refractivity contribution is 5.85. The minimum Gasteiger partial charge on any atom is -0.311 e. The fraction of sp³-hybridized carbons (Fsp3) is 0.388. The van der Waals surface area contributed by atoms with E-state index in [1.54, 1.807) is 0 Å². The third-order valence-corrected chi connectivity index (χ3v) is 10.9. The van der Waals surface area contributed by atoms with Crippen molar-refractivity contribution in [1.29, 1.82) is 0 Å². The Morgan fingerprint density at radius 3 is 1.56 bits per heavy atom. The van der Waals surface area contributed by atoms with Crippen LogP contribution in [0.25, 0.3) is 22.9 Å². The van der Waals surface area contributed by atoms with Crippen LogP contribution in [0.5, 0.6) is 0 Å². The van der Waals surface area contributed by atoms with Crippen LogP contribution in [0.15, 0.2) is 110 Å². The highest BCUT2D eigenvalue weighted by Crippen LogP contribution is 2.19. The zero-order chi connectivity index (χ0) is 40.7. The van der Waals surface area contributed by atoms with E-state index >= 15 is 0 Å². The lowest BCUT2D eigenvalue weighted by Gasteiger charge is -2.23. The maximum Gasteiger partial charge on any atom is 0.0545 e. The van der Waals surface area contributed by atoms with Crippen LogP contribution in [-0.4, -0.2) is 98.3 Å². The molecule has 2 aromatic heterocycles. The minimum absolute atomic E-state index is 0.750. The van der Waals surface area contributed by atoms with Crippen LogP contribution in [-0.2, 0) is 39.3 Å². The summed E-state index contributed by atoms with van der Waals surface area (Å²) >= 11 is 0. The maximum atomic E-state index is 4.98. The summed E-state index contributed by atoms with van der Waals surface area (Å²) in [6.07, 6.45) is 6.20. The first kappa shape index (κ1) is 43.9. The molecule has 0 aliphatic carbocycles. The third-order valence-electron chi connectivity index (χ3n) is 10.9. The zero-order valence-corrected chi connectivity index (χ0v) is 35.2. The van der Waals surface area contributed by atoms with Gasteiger partial charge in [0.1, 0.15) is 0 Å². The second-order valence-corrected chi connectivity index (χ2v) is 15.2. The summed E-state index contributed by atoms with van der Waals surface area (Å²) in [6, 6.07) is 34.4. The van der Waals surface area contributed by atoms with Gasteiger partial charge >= 0.3 is 0 Å². The number of allylic oxidation sites excluding steroid dienone is 1. The lowest BCUT2D eigenvalue weighted by atomic mass is 10.0. The predicted octanol–water partition coefficient (Wildman–Crippen LogP) is 5.56. The second-order valence-electron chi connectivity index (χ2n) is 15.2. The van der Waals surface area contributed by atoms with Crippen molar-refractivity contribution in [3.8, 4) is 0 Å². The van der Waals surface area contributed by atoms with E-state index in [1.807, 2.05) is 6.08 Å². The molecule has 0 spiro atoms. The molecule has 312 valence electrons. The van der Waals surface area contributed by atoms with Crippen LogP contribution in [0, 0.1) is 0 Å². The summed E-state index contributed by atoms with van der Waals surface area (Å²) in [5.41, 5.74) is 9.34. The Bertz CT molecular complexity index is 1960. The number of hydrogen-bond acceptors (Lipinski definition) is 10. The number of hydrogen-bond donors (Lipinski definition) is 6. The van der Waals surface area contributed by atoms with E-state index in [1.165, 1.54) is 33.0 Å². The lowest BCUT2D eigenvalue weighted by molar-refractivity contribution is 0.270. The molecule has 59 heavy (non-hydrogen) atoms. The molecule has 6 rings (SSSR count). The first-order valence-corrected chi connectivity index (χ1v) is 21.6. The molecule has 4 bridgehead atoms. The Balaban J connectivity index is 1.02. The molecule has 6 N–H and O–H groups in total. The van der Waals surface area contributed by atoms with Gasteiger partial charge in [-0.15, -0.1) is 0 Å². The number of aromatic nitrogens is 2. The largest absolute Gasteiger partial charge is 0.311 e. The fourth-order valence-corrected chi connectivity index (χ4v) is 7.67. The van der Waals surface area contributed by atoms with Crippen LogP contribution in [0.3, 0.4) is 0 Å². The molecule has 0 saturated carbocycles. The summed E-state index contributed by atoms with van der Waals surface area (Å²) in [6.45, 7) is 22.0. The molecule has 0 fully saturated rings. The van der Waals surface area contributed by atoms with Crippen molar-refractivity contribution in [2.24, 2.45) is 0 Å². The molecule has 3 aromatic carbocycles. The lowest BCUT2D eigenvalue weighted by Crippen LogP contribution is -2.40. The topological polar surface area (TPSA) is 104 Å². The number of fused-ring (bicyclic) bond motifs is 5. The van der Waals surface area contributed by atoms with Gasteiger partial charge in [0.2, 0.25) is 0 Å². The zero-order valence-electron chi connectivity index (χ0n) is 35.2. The Morgan fingerprint density at radius 1 is 0.576 bits per heavy atom. The molecule has 10 heteroatoms. The maximum absolute atomic E-state index is 4.98. The molecule has 3 heterocycles. The highest BCUT2D eigenvalue weighted by Gasteiger charge is 2.10. The van der Waals surface area contributed by atoms with Crippen molar-refractivity contribution in [3.05, 3.63) is 155 Å². The number of nitrogens with zero attached hydrogens (tertiary/aromatic N) is 4. The SMILES string of the molecule is C=Cc1c(/C=C\C)cccc1CNCCN1CCNCc2cccc(n2)CNCCN(CCNCc2cccc3ccccc23)CCNCc2cccc(n2)CNCC1. The summed E-state index contributed by atoms with van der Waals surface area (Å²) < 4.78 is 0. The molecule has 0 amide bonds. The molecule has 0 atom stereocenters. The van der Waals surface area contributed by atoms with Crippen molar-refractivity contribution >= 4 is 22.9 Å².